The second-order valence-corrected chi connectivity index (χ2v) is 8.80. The van der Waals surface area contributed by atoms with Crippen molar-refractivity contribution in [1.82, 2.24) is 16.0 Å². The summed E-state index contributed by atoms with van der Waals surface area (Å²) in [5.74, 6) is 0.169. The molecule has 3 aliphatic rings. The van der Waals surface area contributed by atoms with Crippen molar-refractivity contribution in [3.8, 4) is 0 Å². The Morgan fingerprint density at radius 1 is 0.815 bits per heavy atom. The van der Waals surface area contributed by atoms with Gasteiger partial charge >= 0.3 is 0 Å². The van der Waals surface area contributed by atoms with Crippen molar-refractivity contribution < 1.29 is 9.59 Å². The third kappa shape index (κ3) is 6.63. The molecule has 0 bridgehead atoms. The van der Waals surface area contributed by atoms with Crippen LogP contribution in [0, 0.1) is 5.41 Å². The molecule has 6 heteroatoms. The summed E-state index contributed by atoms with van der Waals surface area (Å²) in [6, 6.07) is 0.605. The first-order valence-corrected chi connectivity index (χ1v) is 11.0. The van der Waals surface area contributed by atoms with Crippen molar-refractivity contribution in [3.05, 3.63) is 0 Å². The summed E-state index contributed by atoms with van der Waals surface area (Å²) in [6.07, 6.45) is 15.4. The minimum atomic E-state index is -0.554. The lowest BCUT2D eigenvalue weighted by molar-refractivity contribution is -0.136. The zero-order valence-corrected chi connectivity index (χ0v) is 17.5. The van der Waals surface area contributed by atoms with E-state index in [0.717, 1.165) is 38.6 Å². The Hall–Kier alpha value is -0.810. The van der Waals surface area contributed by atoms with Gasteiger partial charge in [-0.25, -0.2) is 0 Å². The van der Waals surface area contributed by atoms with Gasteiger partial charge in [-0.05, 0) is 38.6 Å². The van der Waals surface area contributed by atoms with Crippen LogP contribution >= 0.6 is 12.4 Å². The van der Waals surface area contributed by atoms with Crippen molar-refractivity contribution in [1.29, 1.82) is 0 Å². The van der Waals surface area contributed by atoms with Gasteiger partial charge in [0, 0.05) is 25.0 Å². The Kier molecular flexibility index (Phi) is 9.37. The maximum atomic E-state index is 13.1. The maximum absolute atomic E-state index is 13.1. The van der Waals surface area contributed by atoms with E-state index in [1.165, 1.54) is 51.4 Å². The van der Waals surface area contributed by atoms with E-state index in [9.17, 15) is 9.59 Å². The quantitative estimate of drug-likeness (QED) is 0.620. The normalized spacial score (nSPS) is 27.9. The van der Waals surface area contributed by atoms with E-state index in [0.29, 0.717) is 25.0 Å². The van der Waals surface area contributed by atoms with Crippen LogP contribution in [0.15, 0.2) is 0 Å². The molecule has 156 valence electrons. The van der Waals surface area contributed by atoms with Crippen LogP contribution in [0.5, 0.6) is 0 Å². The fourth-order valence-corrected chi connectivity index (χ4v) is 4.94. The zero-order chi connectivity index (χ0) is 18.2. The van der Waals surface area contributed by atoms with Crippen LogP contribution in [0.3, 0.4) is 0 Å². The lowest BCUT2D eigenvalue weighted by Gasteiger charge is -2.30. The molecule has 1 saturated heterocycles. The van der Waals surface area contributed by atoms with E-state index in [1.807, 2.05) is 0 Å². The van der Waals surface area contributed by atoms with E-state index < -0.39 is 5.41 Å². The first-order chi connectivity index (χ1) is 12.7. The summed E-state index contributed by atoms with van der Waals surface area (Å²) in [6.45, 7) is 1.46. The van der Waals surface area contributed by atoms with Crippen LogP contribution in [-0.4, -0.2) is 37.0 Å². The Bertz CT molecular complexity index is 464. The molecule has 0 aromatic rings. The second kappa shape index (κ2) is 11.3. The molecule has 27 heavy (non-hydrogen) atoms. The molecule has 5 nitrogen and oxygen atoms in total. The third-order valence-electron chi connectivity index (χ3n) is 6.64. The number of carbonyl (C=O) groups is 2. The molecule has 2 saturated carbocycles. The number of hydrogen-bond acceptors (Lipinski definition) is 3. The van der Waals surface area contributed by atoms with Gasteiger partial charge in [0.25, 0.3) is 0 Å². The molecule has 0 aromatic heterocycles. The molecule has 1 atom stereocenters. The molecule has 1 aliphatic heterocycles. The number of carbonyl (C=O) groups excluding carboxylic acids is 2. The standard InChI is InChI=1S/C21H37N3O2.ClH/c25-19(23-17-9-5-1-2-6-10-17)15-21(13-14-22-16-21)20(26)24-18-11-7-3-4-8-12-18;/h17-18,22H,1-16H2,(H,23,25)(H,24,26);1H. The molecule has 1 unspecified atom stereocenters. The second-order valence-electron chi connectivity index (χ2n) is 8.80. The van der Waals surface area contributed by atoms with Gasteiger partial charge in [-0.1, -0.05) is 51.4 Å². The molecule has 2 amide bonds. The highest BCUT2D eigenvalue weighted by Gasteiger charge is 2.43. The van der Waals surface area contributed by atoms with Gasteiger partial charge in [0.05, 0.1) is 5.41 Å². The number of amides is 2. The van der Waals surface area contributed by atoms with Gasteiger partial charge < -0.3 is 16.0 Å². The SMILES string of the molecule is Cl.O=C(CC1(C(=O)NC2CCCCCC2)CCNC1)NC1CCCCCC1. The molecule has 1 heterocycles. The molecule has 3 fully saturated rings. The van der Waals surface area contributed by atoms with Gasteiger partial charge in [0.1, 0.15) is 0 Å². The van der Waals surface area contributed by atoms with Crippen molar-refractivity contribution in [2.24, 2.45) is 5.41 Å². The van der Waals surface area contributed by atoms with Crippen molar-refractivity contribution in [2.45, 2.75) is 102 Å². The lowest BCUT2D eigenvalue weighted by Crippen LogP contribution is -2.49. The summed E-state index contributed by atoms with van der Waals surface area (Å²) >= 11 is 0. The van der Waals surface area contributed by atoms with Crippen LogP contribution < -0.4 is 16.0 Å². The summed E-state index contributed by atoms with van der Waals surface area (Å²) in [5, 5.41) is 9.86. The Morgan fingerprint density at radius 3 is 1.81 bits per heavy atom. The fraction of sp³-hybridized carbons (Fsp3) is 0.905. The predicted octanol–water partition coefficient (Wildman–Crippen LogP) is 3.46. The number of nitrogens with one attached hydrogen (secondary N) is 3. The van der Waals surface area contributed by atoms with Crippen LogP contribution in [0.4, 0.5) is 0 Å². The fourth-order valence-electron chi connectivity index (χ4n) is 4.94. The number of halogens is 1. The third-order valence-corrected chi connectivity index (χ3v) is 6.64. The average Bonchev–Trinajstić information content (AvgIpc) is 2.81. The Labute approximate surface area is 170 Å². The van der Waals surface area contributed by atoms with Crippen LogP contribution in [0.25, 0.3) is 0 Å². The predicted molar refractivity (Wildman–Crippen MR) is 111 cm³/mol. The topological polar surface area (TPSA) is 70.2 Å². The van der Waals surface area contributed by atoms with Crippen LogP contribution in [0.2, 0.25) is 0 Å². The van der Waals surface area contributed by atoms with Gasteiger partial charge in [0.15, 0.2) is 0 Å². The van der Waals surface area contributed by atoms with Gasteiger partial charge in [-0.3, -0.25) is 9.59 Å². The summed E-state index contributed by atoms with van der Waals surface area (Å²) in [7, 11) is 0. The lowest BCUT2D eigenvalue weighted by atomic mass is 9.81. The molecule has 2 aliphatic carbocycles. The highest BCUT2D eigenvalue weighted by atomic mass is 35.5. The van der Waals surface area contributed by atoms with Crippen molar-refractivity contribution >= 4 is 24.2 Å². The van der Waals surface area contributed by atoms with Crippen molar-refractivity contribution in [3.63, 3.8) is 0 Å². The smallest absolute Gasteiger partial charge is 0.228 e. The van der Waals surface area contributed by atoms with E-state index >= 15 is 0 Å². The molecule has 0 aromatic carbocycles. The maximum Gasteiger partial charge on any atom is 0.228 e. The summed E-state index contributed by atoms with van der Waals surface area (Å²) in [5.41, 5.74) is -0.554. The van der Waals surface area contributed by atoms with E-state index in [-0.39, 0.29) is 24.2 Å². The monoisotopic (exact) mass is 399 g/mol. The number of rotatable bonds is 5. The molecular weight excluding hydrogens is 362 g/mol. The van der Waals surface area contributed by atoms with E-state index in [2.05, 4.69) is 16.0 Å². The molecule has 0 spiro atoms. The zero-order valence-electron chi connectivity index (χ0n) is 16.7. The molecule has 0 radical (unpaired) electrons. The highest BCUT2D eigenvalue weighted by molar-refractivity contribution is 5.89. The minimum Gasteiger partial charge on any atom is -0.353 e. The summed E-state index contributed by atoms with van der Waals surface area (Å²) < 4.78 is 0. The highest BCUT2D eigenvalue weighted by Crippen LogP contribution is 2.31. The van der Waals surface area contributed by atoms with E-state index in [1.54, 1.807) is 0 Å². The minimum absolute atomic E-state index is 0. The summed E-state index contributed by atoms with van der Waals surface area (Å²) in [4.78, 5) is 25.8. The van der Waals surface area contributed by atoms with Crippen molar-refractivity contribution in [2.75, 3.05) is 13.1 Å². The molecular formula is C21H38ClN3O2. The van der Waals surface area contributed by atoms with E-state index in [4.69, 9.17) is 0 Å². The Balaban J connectivity index is 0.00000261. The van der Waals surface area contributed by atoms with Gasteiger partial charge in [0.2, 0.25) is 11.8 Å². The van der Waals surface area contributed by atoms with Gasteiger partial charge in [-0.2, -0.15) is 0 Å². The number of hydrogen-bond donors (Lipinski definition) is 3. The Morgan fingerprint density at radius 2 is 1.33 bits per heavy atom. The molecule has 3 N–H and O–H groups in total. The molecule has 3 rings (SSSR count). The first-order valence-electron chi connectivity index (χ1n) is 11.0. The largest absolute Gasteiger partial charge is 0.353 e. The first kappa shape index (κ1) is 22.5. The van der Waals surface area contributed by atoms with Crippen LogP contribution in [0.1, 0.15) is 89.9 Å². The van der Waals surface area contributed by atoms with Gasteiger partial charge in [-0.15, -0.1) is 12.4 Å². The average molecular weight is 400 g/mol. The van der Waals surface area contributed by atoms with Crippen LogP contribution in [-0.2, 0) is 9.59 Å².